The van der Waals surface area contributed by atoms with E-state index in [0.717, 1.165) is 6.42 Å². The first kappa shape index (κ1) is 12.6. The molecular formula is C14H17NOS2. The van der Waals surface area contributed by atoms with Crippen molar-refractivity contribution < 1.29 is 5.11 Å². The molecule has 2 aliphatic heterocycles. The lowest BCUT2D eigenvalue weighted by Gasteiger charge is -2.33. The van der Waals surface area contributed by atoms with Gasteiger partial charge < -0.3 is 5.11 Å². The van der Waals surface area contributed by atoms with E-state index in [1.807, 2.05) is 29.6 Å². The van der Waals surface area contributed by atoms with Gasteiger partial charge in [0.15, 0.2) is 0 Å². The van der Waals surface area contributed by atoms with Gasteiger partial charge in [-0.1, -0.05) is 30.3 Å². The number of thioether (sulfide) groups is 2. The van der Waals surface area contributed by atoms with E-state index < -0.39 is 0 Å². The van der Waals surface area contributed by atoms with Gasteiger partial charge in [-0.2, -0.15) is 0 Å². The highest BCUT2D eigenvalue weighted by atomic mass is 32.2. The number of aliphatic hydroxyl groups excluding tert-OH is 1. The maximum absolute atomic E-state index is 9.42. The molecule has 0 aromatic heterocycles. The van der Waals surface area contributed by atoms with Gasteiger partial charge in [-0.15, -0.1) is 23.5 Å². The van der Waals surface area contributed by atoms with E-state index in [-0.39, 0.29) is 16.7 Å². The first-order chi connectivity index (χ1) is 8.84. The Morgan fingerprint density at radius 2 is 1.94 bits per heavy atom. The summed E-state index contributed by atoms with van der Waals surface area (Å²) in [6, 6.07) is 10.5. The molecule has 1 spiro atoms. The summed E-state index contributed by atoms with van der Waals surface area (Å²) in [6.45, 7) is 0.166. The summed E-state index contributed by atoms with van der Waals surface area (Å²) in [7, 11) is 0. The van der Waals surface area contributed by atoms with Crippen molar-refractivity contribution in [1.29, 1.82) is 0 Å². The normalized spacial score (nSPS) is 26.3. The van der Waals surface area contributed by atoms with Crippen LogP contribution in [-0.2, 0) is 0 Å². The van der Waals surface area contributed by atoms with Gasteiger partial charge in [0.1, 0.15) is 4.08 Å². The Balaban J connectivity index is 1.97. The second kappa shape index (κ2) is 5.27. The molecule has 96 valence electrons. The van der Waals surface area contributed by atoms with Crippen molar-refractivity contribution in [3.63, 3.8) is 0 Å². The lowest BCUT2D eigenvalue weighted by molar-refractivity contribution is 0.266. The maximum atomic E-state index is 9.42. The van der Waals surface area contributed by atoms with Crippen LogP contribution in [0.5, 0.6) is 0 Å². The molecule has 2 heterocycles. The molecule has 0 amide bonds. The molecule has 2 aliphatic rings. The van der Waals surface area contributed by atoms with Crippen molar-refractivity contribution in [3.8, 4) is 0 Å². The Morgan fingerprint density at radius 3 is 2.61 bits per heavy atom. The molecule has 3 rings (SSSR count). The summed E-state index contributed by atoms with van der Waals surface area (Å²) in [5, 5.41) is 9.42. The van der Waals surface area contributed by atoms with E-state index in [9.17, 15) is 5.11 Å². The van der Waals surface area contributed by atoms with Crippen molar-refractivity contribution in [2.45, 2.75) is 23.0 Å². The standard InChI is InChI=1S/C14H17NOS2/c16-10-12-9-14(17-7-4-8-18-14)13(15-12)11-5-2-1-3-6-11/h1-3,5-6,12,16H,4,7-10H2. The van der Waals surface area contributed by atoms with Crippen molar-refractivity contribution in [1.82, 2.24) is 0 Å². The van der Waals surface area contributed by atoms with Crippen LogP contribution in [0.15, 0.2) is 35.3 Å². The van der Waals surface area contributed by atoms with E-state index in [1.54, 1.807) is 0 Å². The van der Waals surface area contributed by atoms with E-state index >= 15 is 0 Å². The van der Waals surface area contributed by atoms with Gasteiger partial charge in [-0.25, -0.2) is 0 Å². The largest absolute Gasteiger partial charge is 0.394 e. The fourth-order valence-electron chi connectivity index (χ4n) is 2.56. The average molecular weight is 279 g/mol. The molecule has 1 saturated heterocycles. The summed E-state index contributed by atoms with van der Waals surface area (Å²) in [4.78, 5) is 4.78. The van der Waals surface area contributed by atoms with Crippen LogP contribution in [0, 0.1) is 0 Å². The van der Waals surface area contributed by atoms with Crippen LogP contribution in [-0.4, -0.2) is 39.1 Å². The summed E-state index contributed by atoms with van der Waals surface area (Å²) in [5.74, 6) is 2.41. The molecule has 0 saturated carbocycles. The van der Waals surface area contributed by atoms with Crippen molar-refractivity contribution in [2.24, 2.45) is 4.99 Å². The highest BCUT2D eigenvalue weighted by Gasteiger charge is 2.45. The van der Waals surface area contributed by atoms with Crippen molar-refractivity contribution in [2.75, 3.05) is 18.1 Å². The van der Waals surface area contributed by atoms with E-state index in [1.165, 1.54) is 29.2 Å². The maximum Gasteiger partial charge on any atom is 0.105 e. The molecule has 4 heteroatoms. The zero-order chi connectivity index (χ0) is 12.4. The SMILES string of the molecule is OCC1CC2(SCCCS2)C(c2ccccc2)=N1. The topological polar surface area (TPSA) is 32.6 Å². The molecule has 1 aromatic carbocycles. The lowest BCUT2D eigenvalue weighted by Crippen LogP contribution is -2.33. The fraction of sp³-hybridized carbons (Fsp3) is 0.500. The number of hydrogen-bond acceptors (Lipinski definition) is 4. The quantitative estimate of drug-likeness (QED) is 0.903. The van der Waals surface area contributed by atoms with Crippen LogP contribution in [0.4, 0.5) is 0 Å². The smallest absolute Gasteiger partial charge is 0.105 e. The molecule has 1 N–H and O–H groups in total. The van der Waals surface area contributed by atoms with Crippen LogP contribution < -0.4 is 0 Å². The average Bonchev–Trinajstić information content (AvgIpc) is 2.79. The minimum absolute atomic E-state index is 0.0818. The number of aliphatic hydroxyl groups is 1. The Morgan fingerprint density at radius 1 is 1.22 bits per heavy atom. The summed E-state index contributed by atoms with van der Waals surface area (Å²) in [6.07, 6.45) is 2.26. The number of aliphatic imine (C=N–C) groups is 1. The Bertz CT molecular complexity index is 440. The predicted octanol–water partition coefficient (Wildman–Crippen LogP) is 2.81. The number of nitrogens with zero attached hydrogens (tertiary/aromatic N) is 1. The number of benzene rings is 1. The van der Waals surface area contributed by atoms with Gasteiger partial charge in [-0.05, 0) is 23.5 Å². The van der Waals surface area contributed by atoms with Crippen LogP contribution in [0.3, 0.4) is 0 Å². The van der Waals surface area contributed by atoms with Crippen molar-refractivity contribution >= 4 is 29.2 Å². The molecule has 1 fully saturated rings. The molecule has 0 radical (unpaired) electrons. The van der Waals surface area contributed by atoms with E-state index in [2.05, 4.69) is 24.3 Å². The first-order valence-corrected chi connectivity index (χ1v) is 8.34. The van der Waals surface area contributed by atoms with Gasteiger partial charge in [-0.3, -0.25) is 4.99 Å². The second-order valence-electron chi connectivity index (χ2n) is 4.69. The third-order valence-electron chi connectivity index (χ3n) is 3.39. The number of rotatable bonds is 2. The first-order valence-electron chi connectivity index (χ1n) is 6.36. The van der Waals surface area contributed by atoms with Crippen LogP contribution in [0.25, 0.3) is 0 Å². The Hall–Kier alpha value is -0.450. The van der Waals surface area contributed by atoms with Crippen LogP contribution in [0.1, 0.15) is 18.4 Å². The summed E-state index contributed by atoms with van der Waals surface area (Å²) < 4.78 is 0.0903. The molecule has 1 aromatic rings. The van der Waals surface area contributed by atoms with Crippen molar-refractivity contribution in [3.05, 3.63) is 35.9 Å². The highest BCUT2D eigenvalue weighted by Crippen LogP contribution is 2.51. The van der Waals surface area contributed by atoms with Crippen LogP contribution >= 0.6 is 23.5 Å². The Labute approximate surface area is 116 Å². The molecule has 1 atom stereocenters. The van der Waals surface area contributed by atoms with Gasteiger partial charge in [0.2, 0.25) is 0 Å². The summed E-state index contributed by atoms with van der Waals surface area (Å²) in [5.41, 5.74) is 2.41. The fourth-order valence-corrected chi connectivity index (χ4v) is 6.05. The third-order valence-corrected chi connectivity index (χ3v) is 6.74. The highest BCUT2D eigenvalue weighted by molar-refractivity contribution is 8.20. The monoisotopic (exact) mass is 279 g/mol. The minimum Gasteiger partial charge on any atom is -0.394 e. The second-order valence-corrected chi connectivity index (χ2v) is 7.73. The molecule has 18 heavy (non-hydrogen) atoms. The number of hydrogen-bond donors (Lipinski definition) is 1. The van der Waals surface area contributed by atoms with Gasteiger partial charge in [0.25, 0.3) is 0 Å². The zero-order valence-corrected chi connectivity index (χ0v) is 11.8. The molecule has 1 unspecified atom stereocenters. The van der Waals surface area contributed by atoms with Crippen LogP contribution in [0.2, 0.25) is 0 Å². The predicted molar refractivity (Wildman–Crippen MR) is 80.7 cm³/mol. The molecular weight excluding hydrogens is 262 g/mol. The van der Waals surface area contributed by atoms with E-state index in [4.69, 9.17) is 4.99 Å². The molecule has 0 bridgehead atoms. The van der Waals surface area contributed by atoms with E-state index in [0.29, 0.717) is 0 Å². The van der Waals surface area contributed by atoms with Gasteiger partial charge >= 0.3 is 0 Å². The summed E-state index contributed by atoms with van der Waals surface area (Å²) >= 11 is 4.03. The Kier molecular flexibility index (Phi) is 3.68. The zero-order valence-electron chi connectivity index (χ0n) is 10.2. The van der Waals surface area contributed by atoms with Gasteiger partial charge in [0, 0.05) is 6.42 Å². The minimum atomic E-state index is 0.0818. The lowest BCUT2D eigenvalue weighted by atomic mass is 10.1. The molecule has 2 nitrogen and oxygen atoms in total. The third kappa shape index (κ3) is 2.22. The molecule has 0 aliphatic carbocycles. The van der Waals surface area contributed by atoms with Gasteiger partial charge in [0.05, 0.1) is 18.4 Å².